The Morgan fingerprint density at radius 2 is 2.00 bits per heavy atom. The Balaban J connectivity index is 2.55. The molecular weight excluding hydrogens is 190 g/mol. The van der Waals surface area contributed by atoms with Crippen LogP contribution in [0.2, 0.25) is 0 Å². The minimum atomic E-state index is -0.101. The van der Waals surface area contributed by atoms with Gasteiger partial charge in [-0.05, 0) is 32.6 Å². The first kappa shape index (κ1) is 12.5. The van der Waals surface area contributed by atoms with E-state index in [2.05, 4.69) is 6.92 Å². The number of carbonyl (C=O) groups is 1. The van der Waals surface area contributed by atoms with Gasteiger partial charge in [0.15, 0.2) is 0 Å². The molecule has 15 heavy (non-hydrogen) atoms. The summed E-state index contributed by atoms with van der Waals surface area (Å²) in [4.78, 5) is 11.5. The lowest BCUT2D eigenvalue weighted by Crippen LogP contribution is -2.36. The summed E-state index contributed by atoms with van der Waals surface area (Å²) in [5.41, 5.74) is 6.07. The van der Waals surface area contributed by atoms with Crippen molar-refractivity contribution in [2.75, 3.05) is 7.11 Å². The van der Waals surface area contributed by atoms with E-state index in [-0.39, 0.29) is 17.4 Å². The Morgan fingerprint density at radius 1 is 1.27 bits per heavy atom. The van der Waals surface area contributed by atoms with E-state index in [1.54, 1.807) is 0 Å². The first-order chi connectivity index (χ1) is 7.05. The lowest BCUT2D eigenvalue weighted by molar-refractivity contribution is -0.146. The van der Waals surface area contributed by atoms with Crippen LogP contribution in [0.15, 0.2) is 0 Å². The molecule has 0 spiro atoms. The second kappa shape index (κ2) is 5.50. The Kier molecular flexibility index (Phi) is 4.58. The molecule has 2 atom stereocenters. The molecule has 1 aliphatic rings. The van der Waals surface area contributed by atoms with Crippen LogP contribution >= 0.6 is 0 Å². The third kappa shape index (κ3) is 4.20. The van der Waals surface area contributed by atoms with Crippen LogP contribution in [0.4, 0.5) is 0 Å². The molecule has 0 aromatic rings. The average molecular weight is 213 g/mol. The molecule has 2 N–H and O–H groups in total. The Labute approximate surface area is 92.4 Å². The van der Waals surface area contributed by atoms with Gasteiger partial charge < -0.3 is 10.5 Å². The van der Waals surface area contributed by atoms with Gasteiger partial charge >= 0.3 is 5.97 Å². The summed E-state index contributed by atoms with van der Waals surface area (Å²) in [6.07, 6.45) is 7.31. The Bertz CT molecular complexity index is 214. The van der Waals surface area contributed by atoms with Crippen LogP contribution in [0.25, 0.3) is 0 Å². The SMILES string of the molecule is COC(=O)C1CCCCCC(C)(N)CC1. The second-order valence-corrected chi connectivity index (χ2v) is 5.01. The van der Waals surface area contributed by atoms with E-state index in [0.29, 0.717) is 0 Å². The fraction of sp³-hybridized carbons (Fsp3) is 0.917. The van der Waals surface area contributed by atoms with Crippen molar-refractivity contribution in [1.82, 2.24) is 0 Å². The molecule has 0 aromatic heterocycles. The largest absolute Gasteiger partial charge is 0.469 e. The Morgan fingerprint density at radius 3 is 2.67 bits per heavy atom. The lowest BCUT2D eigenvalue weighted by atomic mass is 9.88. The zero-order chi connectivity index (χ0) is 11.3. The van der Waals surface area contributed by atoms with Gasteiger partial charge in [0.25, 0.3) is 0 Å². The number of hydrogen-bond acceptors (Lipinski definition) is 3. The maximum atomic E-state index is 11.5. The van der Waals surface area contributed by atoms with E-state index in [1.165, 1.54) is 20.0 Å². The summed E-state index contributed by atoms with van der Waals surface area (Å²) < 4.78 is 4.82. The average Bonchev–Trinajstić information content (AvgIpc) is 2.27. The van der Waals surface area contributed by atoms with Crippen molar-refractivity contribution in [2.45, 2.75) is 57.4 Å². The van der Waals surface area contributed by atoms with Gasteiger partial charge in [-0.2, -0.15) is 0 Å². The third-order valence-electron chi connectivity index (χ3n) is 3.40. The molecule has 88 valence electrons. The molecule has 1 saturated carbocycles. The van der Waals surface area contributed by atoms with Crippen molar-refractivity contribution in [3.63, 3.8) is 0 Å². The van der Waals surface area contributed by atoms with Crippen LogP contribution in [-0.4, -0.2) is 18.6 Å². The normalized spacial score (nSPS) is 33.7. The van der Waals surface area contributed by atoms with Crippen molar-refractivity contribution in [1.29, 1.82) is 0 Å². The minimum Gasteiger partial charge on any atom is -0.469 e. The summed E-state index contributed by atoms with van der Waals surface area (Å²) in [5.74, 6) is 0.00340. The maximum absolute atomic E-state index is 11.5. The van der Waals surface area contributed by atoms with E-state index in [9.17, 15) is 4.79 Å². The van der Waals surface area contributed by atoms with E-state index < -0.39 is 0 Å². The fourth-order valence-corrected chi connectivity index (χ4v) is 2.27. The highest BCUT2D eigenvalue weighted by Crippen LogP contribution is 2.27. The van der Waals surface area contributed by atoms with Gasteiger partial charge in [0.1, 0.15) is 0 Å². The number of esters is 1. The van der Waals surface area contributed by atoms with Gasteiger partial charge in [-0.15, -0.1) is 0 Å². The molecule has 0 aromatic carbocycles. The summed E-state index contributed by atoms with van der Waals surface area (Å²) in [5, 5.41) is 0. The standard InChI is InChI=1S/C12H23NO2/c1-12(13)8-5-3-4-6-10(7-9-12)11(14)15-2/h10H,3-9,13H2,1-2H3. The number of carbonyl (C=O) groups excluding carboxylic acids is 1. The highest BCUT2D eigenvalue weighted by atomic mass is 16.5. The van der Waals surface area contributed by atoms with E-state index in [4.69, 9.17) is 10.5 Å². The molecule has 1 fully saturated rings. The first-order valence-corrected chi connectivity index (χ1v) is 5.92. The van der Waals surface area contributed by atoms with Gasteiger partial charge in [0.2, 0.25) is 0 Å². The van der Waals surface area contributed by atoms with Gasteiger partial charge in [0.05, 0.1) is 13.0 Å². The summed E-state index contributed by atoms with van der Waals surface area (Å²) in [7, 11) is 1.47. The van der Waals surface area contributed by atoms with Crippen LogP contribution < -0.4 is 5.73 Å². The molecule has 0 bridgehead atoms. The first-order valence-electron chi connectivity index (χ1n) is 5.92. The number of ether oxygens (including phenoxy) is 1. The predicted octanol–water partition coefficient (Wildman–Crippen LogP) is 2.24. The monoisotopic (exact) mass is 213 g/mol. The Hall–Kier alpha value is -0.570. The van der Waals surface area contributed by atoms with E-state index in [0.717, 1.165) is 32.1 Å². The summed E-state index contributed by atoms with van der Waals surface area (Å²) in [6, 6.07) is 0. The van der Waals surface area contributed by atoms with Crippen LogP contribution in [-0.2, 0) is 9.53 Å². The highest BCUT2D eigenvalue weighted by molar-refractivity contribution is 5.72. The third-order valence-corrected chi connectivity index (χ3v) is 3.40. The molecule has 1 rings (SSSR count). The van der Waals surface area contributed by atoms with Gasteiger partial charge in [-0.3, -0.25) is 4.79 Å². The number of hydrogen-bond donors (Lipinski definition) is 1. The minimum absolute atomic E-state index is 0.0623. The van der Waals surface area contributed by atoms with Crippen LogP contribution in [0.1, 0.15) is 51.9 Å². The molecule has 0 saturated heterocycles. The van der Waals surface area contributed by atoms with Crippen molar-refractivity contribution in [2.24, 2.45) is 11.7 Å². The number of rotatable bonds is 1. The van der Waals surface area contributed by atoms with E-state index >= 15 is 0 Å². The van der Waals surface area contributed by atoms with Crippen LogP contribution in [0, 0.1) is 5.92 Å². The van der Waals surface area contributed by atoms with Crippen LogP contribution in [0.3, 0.4) is 0 Å². The van der Waals surface area contributed by atoms with Gasteiger partial charge in [-0.25, -0.2) is 0 Å². The predicted molar refractivity (Wildman–Crippen MR) is 60.4 cm³/mol. The van der Waals surface area contributed by atoms with Crippen molar-refractivity contribution >= 4 is 5.97 Å². The van der Waals surface area contributed by atoms with Crippen LogP contribution in [0.5, 0.6) is 0 Å². The smallest absolute Gasteiger partial charge is 0.308 e. The topological polar surface area (TPSA) is 52.3 Å². The fourth-order valence-electron chi connectivity index (χ4n) is 2.27. The molecule has 0 aliphatic heterocycles. The molecule has 0 amide bonds. The lowest BCUT2D eigenvalue weighted by Gasteiger charge is -2.25. The quantitative estimate of drug-likeness (QED) is 0.680. The molecule has 0 heterocycles. The van der Waals surface area contributed by atoms with Gasteiger partial charge in [0, 0.05) is 5.54 Å². The van der Waals surface area contributed by atoms with Crippen molar-refractivity contribution in [3.05, 3.63) is 0 Å². The molecular formula is C12H23NO2. The molecule has 3 heteroatoms. The molecule has 0 radical (unpaired) electrons. The summed E-state index contributed by atoms with van der Waals surface area (Å²) in [6.45, 7) is 2.09. The second-order valence-electron chi connectivity index (χ2n) is 5.01. The molecule has 2 unspecified atom stereocenters. The highest BCUT2D eigenvalue weighted by Gasteiger charge is 2.25. The van der Waals surface area contributed by atoms with E-state index in [1.807, 2.05) is 0 Å². The van der Waals surface area contributed by atoms with Crippen molar-refractivity contribution in [3.8, 4) is 0 Å². The maximum Gasteiger partial charge on any atom is 0.308 e. The molecule has 3 nitrogen and oxygen atoms in total. The van der Waals surface area contributed by atoms with Crippen molar-refractivity contribution < 1.29 is 9.53 Å². The zero-order valence-corrected chi connectivity index (χ0v) is 9.92. The number of nitrogens with two attached hydrogens (primary N) is 1. The van der Waals surface area contributed by atoms with Gasteiger partial charge in [-0.1, -0.05) is 19.3 Å². The zero-order valence-electron chi connectivity index (χ0n) is 9.92. The molecule has 1 aliphatic carbocycles. The number of methoxy groups -OCH3 is 1. The summed E-state index contributed by atoms with van der Waals surface area (Å²) >= 11 is 0.